The molecule has 5 nitrogen and oxygen atoms in total. The number of carbonyl (C=O) groups excluding carboxylic acids is 1. The minimum absolute atomic E-state index is 0.0829. The maximum atomic E-state index is 11.6. The molecule has 0 saturated carbocycles. The number of hydrogen-bond donors (Lipinski definition) is 1. The predicted octanol–water partition coefficient (Wildman–Crippen LogP) is 0.696. The van der Waals surface area contributed by atoms with Crippen LogP contribution in [0, 0.1) is 5.41 Å². The summed E-state index contributed by atoms with van der Waals surface area (Å²) in [4.78, 5) is 11.6. The molecule has 15 heavy (non-hydrogen) atoms. The van der Waals surface area contributed by atoms with Crippen LogP contribution in [-0.4, -0.2) is 26.6 Å². The van der Waals surface area contributed by atoms with E-state index >= 15 is 0 Å². The lowest BCUT2D eigenvalue weighted by Gasteiger charge is -2.19. The van der Waals surface area contributed by atoms with Crippen molar-refractivity contribution >= 4 is 17.5 Å². The molecule has 0 bridgehead atoms. The Balaban J connectivity index is 2.52. The van der Waals surface area contributed by atoms with Crippen molar-refractivity contribution in [1.82, 2.24) is 20.1 Å². The van der Waals surface area contributed by atoms with Crippen molar-refractivity contribution in [2.24, 2.45) is 12.5 Å². The highest BCUT2D eigenvalue weighted by Crippen LogP contribution is 2.16. The molecule has 0 fully saturated rings. The lowest BCUT2D eigenvalue weighted by molar-refractivity contribution is -0.128. The Hall–Kier alpha value is -1.10. The lowest BCUT2D eigenvalue weighted by atomic mass is 9.95. The van der Waals surface area contributed by atoms with Crippen LogP contribution in [0.25, 0.3) is 0 Å². The summed E-state index contributed by atoms with van der Waals surface area (Å²) in [6, 6.07) is 0. The summed E-state index contributed by atoms with van der Waals surface area (Å²) in [5.74, 6) is 0.923. The van der Waals surface area contributed by atoms with Crippen molar-refractivity contribution in [3.8, 4) is 0 Å². The number of aromatic nitrogens is 3. The standard InChI is InChI=1S/C9H15ClN4O/c1-9(2,5-10)8(15)11-4-7-13-12-6-14(7)3/h6H,4-5H2,1-3H3,(H,11,15). The zero-order valence-electron chi connectivity index (χ0n) is 9.12. The molecule has 1 aromatic heterocycles. The minimum atomic E-state index is -0.555. The van der Waals surface area contributed by atoms with Gasteiger partial charge in [-0.3, -0.25) is 4.79 Å². The Labute approximate surface area is 93.8 Å². The van der Waals surface area contributed by atoms with Gasteiger partial charge in [0.15, 0.2) is 5.82 Å². The first-order valence-corrected chi connectivity index (χ1v) is 5.18. The van der Waals surface area contributed by atoms with Crippen molar-refractivity contribution in [2.75, 3.05) is 5.88 Å². The van der Waals surface area contributed by atoms with E-state index in [-0.39, 0.29) is 11.8 Å². The first kappa shape index (κ1) is 12.0. The van der Waals surface area contributed by atoms with Crippen LogP contribution in [0.3, 0.4) is 0 Å². The first-order valence-electron chi connectivity index (χ1n) is 4.64. The molecule has 0 aliphatic heterocycles. The third-order valence-electron chi connectivity index (χ3n) is 2.16. The lowest BCUT2D eigenvalue weighted by Crippen LogP contribution is -2.38. The fraction of sp³-hybridized carbons (Fsp3) is 0.667. The molecule has 1 N–H and O–H groups in total. The maximum absolute atomic E-state index is 11.6. The largest absolute Gasteiger partial charge is 0.348 e. The van der Waals surface area contributed by atoms with Gasteiger partial charge in [-0.2, -0.15) is 0 Å². The second-order valence-corrected chi connectivity index (χ2v) is 4.33. The van der Waals surface area contributed by atoms with Gasteiger partial charge in [-0.05, 0) is 13.8 Å². The zero-order chi connectivity index (χ0) is 11.5. The molecule has 1 heterocycles. The van der Waals surface area contributed by atoms with E-state index in [4.69, 9.17) is 11.6 Å². The van der Waals surface area contributed by atoms with Gasteiger partial charge in [-0.25, -0.2) is 0 Å². The molecule has 0 saturated heterocycles. The van der Waals surface area contributed by atoms with E-state index < -0.39 is 5.41 Å². The number of amides is 1. The van der Waals surface area contributed by atoms with Crippen molar-refractivity contribution in [3.63, 3.8) is 0 Å². The fourth-order valence-corrected chi connectivity index (χ4v) is 1.05. The Bertz CT molecular complexity index is 348. The SMILES string of the molecule is Cn1cnnc1CNC(=O)C(C)(C)CCl. The number of carbonyl (C=O) groups is 1. The highest BCUT2D eigenvalue weighted by Gasteiger charge is 2.26. The molecular formula is C9H15ClN4O. The highest BCUT2D eigenvalue weighted by molar-refractivity contribution is 6.19. The Morgan fingerprint density at radius 3 is 2.80 bits per heavy atom. The van der Waals surface area contributed by atoms with E-state index in [9.17, 15) is 4.79 Å². The molecule has 0 aliphatic carbocycles. The molecule has 1 amide bonds. The van der Waals surface area contributed by atoms with Gasteiger partial charge in [-0.15, -0.1) is 21.8 Å². The van der Waals surface area contributed by atoms with Crippen LogP contribution in [0.5, 0.6) is 0 Å². The van der Waals surface area contributed by atoms with E-state index in [2.05, 4.69) is 15.5 Å². The molecule has 0 aromatic carbocycles. The smallest absolute Gasteiger partial charge is 0.227 e. The van der Waals surface area contributed by atoms with Gasteiger partial charge in [0.2, 0.25) is 5.91 Å². The van der Waals surface area contributed by atoms with Crippen LogP contribution in [0.4, 0.5) is 0 Å². The molecule has 0 aliphatic rings. The average Bonchev–Trinajstić information content (AvgIpc) is 2.60. The van der Waals surface area contributed by atoms with Gasteiger partial charge < -0.3 is 9.88 Å². The van der Waals surface area contributed by atoms with Gasteiger partial charge in [0.1, 0.15) is 6.33 Å². The van der Waals surface area contributed by atoms with Gasteiger partial charge in [-0.1, -0.05) is 0 Å². The monoisotopic (exact) mass is 230 g/mol. The minimum Gasteiger partial charge on any atom is -0.348 e. The Morgan fingerprint density at radius 1 is 1.67 bits per heavy atom. The first-order chi connectivity index (χ1) is 6.97. The summed E-state index contributed by atoms with van der Waals surface area (Å²) < 4.78 is 1.76. The quantitative estimate of drug-likeness (QED) is 0.775. The van der Waals surface area contributed by atoms with Gasteiger partial charge >= 0.3 is 0 Å². The van der Waals surface area contributed by atoms with Crippen molar-refractivity contribution in [2.45, 2.75) is 20.4 Å². The van der Waals surface area contributed by atoms with E-state index in [1.165, 1.54) is 0 Å². The molecule has 0 unspecified atom stereocenters. The van der Waals surface area contributed by atoms with Crippen LogP contribution >= 0.6 is 11.6 Å². The third-order valence-corrected chi connectivity index (χ3v) is 2.83. The highest BCUT2D eigenvalue weighted by atomic mass is 35.5. The van der Waals surface area contributed by atoms with Crippen LogP contribution < -0.4 is 5.32 Å². The van der Waals surface area contributed by atoms with Crippen molar-refractivity contribution < 1.29 is 4.79 Å². The zero-order valence-corrected chi connectivity index (χ0v) is 9.88. The molecule has 0 spiro atoms. The summed E-state index contributed by atoms with van der Waals surface area (Å²) in [5, 5.41) is 10.3. The Morgan fingerprint density at radius 2 is 2.33 bits per heavy atom. The van der Waals surface area contributed by atoms with Crippen LogP contribution in [0.1, 0.15) is 19.7 Å². The van der Waals surface area contributed by atoms with E-state index in [0.29, 0.717) is 12.4 Å². The number of hydrogen-bond acceptors (Lipinski definition) is 3. The summed E-state index contributed by atoms with van der Waals surface area (Å²) in [6.45, 7) is 3.97. The van der Waals surface area contributed by atoms with E-state index in [0.717, 1.165) is 0 Å². The average molecular weight is 231 g/mol. The van der Waals surface area contributed by atoms with Crippen LogP contribution in [0.2, 0.25) is 0 Å². The number of alkyl halides is 1. The summed E-state index contributed by atoms with van der Waals surface area (Å²) >= 11 is 5.69. The van der Waals surface area contributed by atoms with Crippen molar-refractivity contribution in [1.29, 1.82) is 0 Å². The van der Waals surface area contributed by atoms with Gasteiger partial charge in [0, 0.05) is 12.9 Å². The summed E-state index contributed by atoms with van der Waals surface area (Å²) in [6.07, 6.45) is 1.59. The number of halogens is 1. The van der Waals surface area contributed by atoms with Gasteiger partial charge in [0.25, 0.3) is 0 Å². The normalized spacial score (nSPS) is 11.5. The second kappa shape index (κ2) is 4.61. The molecule has 0 radical (unpaired) electrons. The fourth-order valence-electron chi connectivity index (χ4n) is 0.926. The summed E-state index contributed by atoms with van der Waals surface area (Å²) in [5.41, 5.74) is -0.555. The van der Waals surface area contributed by atoms with Crippen molar-refractivity contribution in [3.05, 3.63) is 12.2 Å². The number of nitrogens with zero attached hydrogens (tertiary/aromatic N) is 3. The molecule has 1 aromatic rings. The summed E-state index contributed by atoms with van der Waals surface area (Å²) in [7, 11) is 1.83. The molecule has 6 heteroatoms. The van der Waals surface area contributed by atoms with Gasteiger partial charge in [0.05, 0.1) is 12.0 Å². The maximum Gasteiger partial charge on any atom is 0.227 e. The third kappa shape index (κ3) is 2.92. The topological polar surface area (TPSA) is 59.8 Å². The van der Waals surface area contributed by atoms with E-state index in [1.807, 2.05) is 7.05 Å². The molecule has 1 rings (SSSR count). The van der Waals surface area contributed by atoms with Crippen LogP contribution in [-0.2, 0) is 18.4 Å². The van der Waals surface area contributed by atoms with Crippen LogP contribution in [0.15, 0.2) is 6.33 Å². The van der Waals surface area contributed by atoms with E-state index in [1.54, 1.807) is 24.7 Å². The predicted molar refractivity (Wildman–Crippen MR) is 57.4 cm³/mol. The Kier molecular flexibility index (Phi) is 3.68. The second-order valence-electron chi connectivity index (χ2n) is 4.06. The number of rotatable bonds is 4. The number of aryl methyl sites for hydroxylation is 1. The molecule has 84 valence electrons. The number of nitrogens with one attached hydrogen (secondary N) is 1. The molecular weight excluding hydrogens is 216 g/mol. The molecule has 0 atom stereocenters.